The smallest absolute Gasteiger partial charge is 0.290 e. The van der Waals surface area contributed by atoms with Crippen LogP contribution in [-0.2, 0) is 9.53 Å². The molecule has 0 heterocycles. The Morgan fingerprint density at radius 3 is 1.91 bits per heavy atom. The van der Waals surface area contributed by atoms with E-state index in [0.29, 0.717) is 0 Å². The standard InChI is InChI=1S/C7H16O.CH2O2/c1-5-6-8-7(2,3)4;2-1-3/h5-6H2,1-4H3;1H,(H,2,3). The molecule has 0 unspecified atom stereocenters. The topological polar surface area (TPSA) is 46.5 Å². The molecule has 0 aliphatic rings. The largest absolute Gasteiger partial charge is 0.483 e. The first kappa shape index (κ1) is 13.1. The molecule has 0 aromatic heterocycles. The van der Waals surface area contributed by atoms with Gasteiger partial charge in [0.2, 0.25) is 0 Å². The van der Waals surface area contributed by atoms with Gasteiger partial charge >= 0.3 is 0 Å². The third kappa shape index (κ3) is 26.5. The third-order valence-corrected chi connectivity index (χ3v) is 0.739. The Bertz CT molecular complexity index is 83.8. The summed E-state index contributed by atoms with van der Waals surface area (Å²) in [5.74, 6) is 0. The van der Waals surface area contributed by atoms with E-state index in [2.05, 4.69) is 27.7 Å². The van der Waals surface area contributed by atoms with Gasteiger partial charge in [0, 0.05) is 6.61 Å². The molecule has 0 spiro atoms. The van der Waals surface area contributed by atoms with E-state index in [-0.39, 0.29) is 12.1 Å². The van der Waals surface area contributed by atoms with Crippen LogP contribution in [0.5, 0.6) is 0 Å². The SMILES string of the molecule is CCCOC(C)(C)C.O=CO. The van der Waals surface area contributed by atoms with Gasteiger partial charge < -0.3 is 9.84 Å². The highest BCUT2D eigenvalue weighted by Gasteiger charge is 2.07. The summed E-state index contributed by atoms with van der Waals surface area (Å²) in [4.78, 5) is 8.36. The van der Waals surface area contributed by atoms with Gasteiger partial charge in [-0.05, 0) is 27.2 Å². The lowest BCUT2D eigenvalue weighted by Crippen LogP contribution is -2.19. The zero-order valence-corrected chi connectivity index (χ0v) is 7.76. The summed E-state index contributed by atoms with van der Waals surface area (Å²) in [7, 11) is 0. The molecular weight excluding hydrogens is 144 g/mol. The Balaban J connectivity index is 0. The molecule has 0 aromatic carbocycles. The van der Waals surface area contributed by atoms with Crippen LogP contribution in [0.25, 0.3) is 0 Å². The van der Waals surface area contributed by atoms with Crippen molar-refractivity contribution in [2.45, 2.75) is 39.7 Å². The van der Waals surface area contributed by atoms with Crippen LogP contribution >= 0.6 is 0 Å². The molecule has 1 N–H and O–H groups in total. The summed E-state index contributed by atoms with van der Waals surface area (Å²) in [5, 5.41) is 6.89. The molecule has 0 rings (SSSR count). The fourth-order valence-electron chi connectivity index (χ4n) is 0.408. The monoisotopic (exact) mass is 162 g/mol. The number of ether oxygens (including phenoxy) is 1. The maximum Gasteiger partial charge on any atom is 0.290 e. The number of carboxylic acid groups (broad SMARTS) is 1. The van der Waals surface area contributed by atoms with Gasteiger partial charge in [0.05, 0.1) is 5.60 Å². The van der Waals surface area contributed by atoms with Crippen molar-refractivity contribution in [1.29, 1.82) is 0 Å². The van der Waals surface area contributed by atoms with Crippen LogP contribution in [0.3, 0.4) is 0 Å². The predicted molar refractivity (Wildman–Crippen MR) is 44.7 cm³/mol. The molecule has 0 aliphatic carbocycles. The zero-order chi connectivity index (χ0) is 9.33. The first-order valence-corrected chi connectivity index (χ1v) is 3.69. The summed E-state index contributed by atoms with van der Waals surface area (Å²) in [6, 6.07) is 0. The van der Waals surface area contributed by atoms with Crippen molar-refractivity contribution < 1.29 is 14.6 Å². The van der Waals surface area contributed by atoms with Crippen molar-refractivity contribution in [3.8, 4) is 0 Å². The molecule has 0 saturated heterocycles. The molecule has 3 heteroatoms. The van der Waals surface area contributed by atoms with E-state index in [4.69, 9.17) is 14.6 Å². The molecule has 0 radical (unpaired) electrons. The predicted octanol–water partition coefficient (Wildman–Crippen LogP) is 1.91. The fraction of sp³-hybridized carbons (Fsp3) is 0.875. The molecule has 0 atom stereocenters. The normalized spacial score (nSPS) is 9.82. The van der Waals surface area contributed by atoms with Gasteiger partial charge in [-0.3, -0.25) is 4.79 Å². The zero-order valence-electron chi connectivity index (χ0n) is 7.76. The van der Waals surface area contributed by atoms with E-state index in [1.54, 1.807) is 0 Å². The third-order valence-electron chi connectivity index (χ3n) is 0.739. The van der Waals surface area contributed by atoms with Crippen LogP contribution in [0.15, 0.2) is 0 Å². The van der Waals surface area contributed by atoms with Gasteiger partial charge in [0.1, 0.15) is 0 Å². The maximum atomic E-state index is 8.36. The number of hydrogen-bond acceptors (Lipinski definition) is 2. The molecule has 11 heavy (non-hydrogen) atoms. The van der Waals surface area contributed by atoms with Gasteiger partial charge in [-0.2, -0.15) is 0 Å². The molecule has 68 valence electrons. The number of carbonyl (C=O) groups is 1. The molecule has 3 nitrogen and oxygen atoms in total. The van der Waals surface area contributed by atoms with Gasteiger partial charge in [0.15, 0.2) is 0 Å². The van der Waals surface area contributed by atoms with E-state index in [1.165, 1.54) is 0 Å². The van der Waals surface area contributed by atoms with E-state index in [0.717, 1.165) is 13.0 Å². The summed E-state index contributed by atoms with van der Waals surface area (Å²) in [5.41, 5.74) is 0.0516. The van der Waals surface area contributed by atoms with Crippen molar-refractivity contribution in [1.82, 2.24) is 0 Å². The summed E-state index contributed by atoms with van der Waals surface area (Å²) < 4.78 is 5.38. The van der Waals surface area contributed by atoms with Gasteiger partial charge in [-0.15, -0.1) is 0 Å². The summed E-state index contributed by atoms with van der Waals surface area (Å²) >= 11 is 0. The second-order valence-corrected chi connectivity index (χ2v) is 3.07. The molecular formula is C8H18O3. The molecule has 0 aromatic rings. The molecule has 0 aliphatic heterocycles. The molecule has 0 fully saturated rings. The van der Waals surface area contributed by atoms with Crippen LogP contribution in [0.2, 0.25) is 0 Å². The molecule has 0 saturated carbocycles. The van der Waals surface area contributed by atoms with Crippen molar-refractivity contribution >= 4 is 6.47 Å². The average Bonchev–Trinajstić information content (AvgIpc) is 1.84. The highest BCUT2D eigenvalue weighted by Crippen LogP contribution is 2.05. The lowest BCUT2D eigenvalue weighted by Gasteiger charge is -2.18. The van der Waals surface area contributed by atoms with Gasteiger partial charge in [0.25, 0.3) is 6.47 Å². The Hall–Kier alpha value is -0.570. The van der Waals surface area contributed by atoms with Crippen LogP contribution in [0, 0.1) is 0 Å². The second-order valence-electron chi connectivity index (χ2n) is 3.07. The Kier molecular flexibility index (Phi) is 8.94. The average molecular weight is 162 g/mol. The minimum absolute atomic E-state index is 0.0516. The van der Waals surface area contributed by atoms with E-state index >= 15 is 0 Å². The van der Waals surface area contributed by atoms with Crippen LogP contribution in [0.1, 0.15) is 34.1 Å². The summed E-state index contributed by atoms with van der Waals surface area (Å²) in [6.45, 7) is 8.96. The first-order valence-electron chi connectivity index (χ1n) is 3.69. The summed E-state index contributed by atoms with van der Waals surface area (Å²) in [6.07, 6.45) is 1.11. The molecule has 0 amide bonds. The first-order chi connectivity index (χ1) is 4.97. The van der Waals surface area contributed by atoms with Crippen molar-refractivity contribution in [2.24, 2.45) is 0 Å². The number of rotatable bonds is 2. The lowest BCUT2D eigenvalue weighted by atomic mass is 10.2. The Morgan fingerprint density at radius 2 is 1.82 bits per heavy atom. The van der Waals surface area contributed by atoms with Gasteiger partial charge in [-0.25, -0.2) is 0 Å². The van der Waals surface area contributed by atoms with Crippen LogP contribution < -0.4 is 0 Å². The van der Waals surface area contributed by atoms with E-state index in [1.807, 2.05) is 0 Å². The van der Waals surface area contributed by atoms with Crippen molar-refractivity contribution in [3.05, 3.63) is 0 Å². The number of hydrogen-bond donors (Lipinski definition) is 1. The Morgan fingerprint density at radius 1 is 1.45 bits per heavy atom. The second kappa shape index (κ2) is 7.54. The maximum absolute atomic E-state index is 8.36. The minimum Gasteiger partial charge on any atom is -0.483 e. The van der Waals surface area contributed by atoms with Crippen molar-refractivity contribution in [3.63, 3.8) is 0 Å². The van der Waals surface area contributed by atoms with Crippen LogP contribution in [0.4, 0.5) is 0 Å². The van der Waals surface area contributed by atoms with E-state index in [9.17, 15) is 0 Å². The minimum atomic E-state index is -0.250. The quantitative estimate of drug-likeness (QED) is 0.631. The van der Waals surface area contributed by atoms with Crippen molar-refractivity contribution in [2.75, 3.05) is 6.61 Å². The highest BCUT2D eigenvalue weighted by atomic mass is 16.5. The van der Waals surface area contributed by atoms with Crippen LogP contribution in [-0.4, -0.2) is 23.8 Å². The fourth-order valence-corrected chi connectivity index (χ4v) is 0.408. The highest BCUT2D eigenvalue weighted by molar-refractivity contribution is 5.32. The lowest BCUT2D eigenvalue weighted by molar-refractivity contribution is -0.122. The molecule has 0 bridgehead atoms. The van der Waals surface area contributed by atoms with Gasteiger partial charge in [-0.1, -0.05) is 6.92 Å². The van der Waals surface area contributed by atoms with E-state index < -0.39 is 0 Å². The Labute approximate surface area is 68.4 Å².